The van der Waals surface area contributed by atoms with Crippen LogP contribution in [-0.2, 0) is 9.59 Å². The number of carboxylic acid groups (broad SMARTS) is 1. The van der Waals surface area contributed by atoms with Crippen LogP contribution in [0.25, 0.3) is 11.3 Å². The lowest BCUT2D eigenvalue weighted by molar-refractivity contribution is -0.138. The average Bonchev–Trinajstić information content (AvgIpc) is 2.78. The minimum atomic E-state index is -1.15. The number of aryl methyl sites for hydroxylation is 3. The Bertz CT molecular complexity index is 1310. The molecule has 7 nitrogen and oxygen atoms in total. The second-order valence-electron chi connectivity index (χ2n) is 9.59. The van der Waals surface area contributed by atoms with E-state index in [4.69, 9.17) is 0 Å². The molecule has 2 heterocycles. The molecule has 0 aliphatic carbocycles. The highest BCUT2D eigenvalue weighted by molar-refractivity contribution is 5.81. The Balaban J connectivity index is 2.02. The Kier molecular flexibility index (Phi) is 8.40. The van der Waals surface area contributed by atoms with E-state index in [1.54, 1.807) is 19.2 Å². The SMILES string of the molecule is Cc1ccn([C@H](CC(C)C)C(=O)N[C@H](CC(=O)O)c2ccc(F)c(-c3c(C)cccc3C)n2)c(=O)c1. The van der Waals surface area contributed by atoms with Gasteiger partial charge in [0.2, 0.25) is 5.91 Å². The maximum atomic E-state index is 14.9. The van der Waals surface area contributed by atoms with Gasteiger partial charge >= 0.3 is 5.97 Å². The van der Waals surface area contributed by atoms with Gasteiger partial charge in [0.1, 0.15) is 17.6 Å². The number of carbonyl (C=O) groups excluding carboxylic acids is 1. The van der Waals surface area contributed by atoms with Gasteiger partial charge in [-0.1, -0.05) is 32.0 Å². The predicted octanol–water partition coefficient (Wildman–Crippen LogP) is 4.89. The van der Waals surface area contributed by atoms with Crippen molar-refractivity contribution in [3.05, 3.63) is 87.2 Å². The van der Waals surface area contributed by atoms with Gasteiger partial charge in [-0.2, -0.15) is 0 Å². The summed E-state index contributed by atoms with van der Waals surface area (Å²) in [6.45, 7) is 9.37. The molecule has 0 aliphatic heterocycles. The van der Waals surface area contributed by atoms with Crippen molar-refractivity contribution in [3.8, 4) is 11.3 Å². The minimum Gasteiger partial charge on any atom is -0.481 e. The van der Waals surface area contributed by atoms with Gasteiger partial charge in [0.25, 0.3) is 5.56 Å². The zero-order chi connectivity index (χ0) is 26.6. The molecule has 0 saturated heterocycles. The van der Waals surface area contributed by atoms with Crippen molar-refractivity contribution in [2.45, 2.75) is 59.5 Å². The number of rotatable bonds is 9. The van der Waals surface area contributed by atoms with Crippen molar-refractivity contribution in [3.63, 3.8) is 0 Å². The van der Waals surface area contributed by atoms with Crippen molar-refractivity contribution in [1.29, 1.82) is 0 Å². The second kappa shape index (κ2) is 11.3. The van der Waals surface area contributed by atoms with Gasteiger partial charge in [-0.25, -0.2) is 9.37 Å². The van der Waals surface area contributed by atoms with E-state index in [2.05, 4.69) is 10.3 Å². The molecule has 1 aromatic carbocycles. The predicted molar refractivity (Wildman–Crippen MR) is 136 cm³/mol. The zero-order valence-corrected chi connectivity index (χ0v) is 21.2. The molecule has 36 heavy (non-hydrogen) atoms. The fourth-order valence-electron chi connectivity index (χ4n) is 4.33. The van der Waals surface area contributed by atoms with E-state index in [1.165, 1.54) is 22.8 Å². The minimum absolute atomic E-state index is 0.0893. The van der Waals surface area contributed by atoms with Crippen LogP contribution in [0.2, 0.25) is 0 Å². The molecule has 0 unspecified atom stereocenters. The Morgan fingerprint density at radius 3 is 2.33 bits per heavy atom. The molecule has 0 spiro atoms. The van der Waals surface area contributed by atoms with Crippen molar-refractivity contribution in [1.82, 2.24) is 14.9 Å². The summed E-state index contributed by atoms with van der Waals surface area (Å²) in [4.78, 5) is 42.3. The van der Waals surface area contributed by atoms with Crippen molar-refractivity contribution >= 4 is 11.9 Å². The number of carbonyl (C=O) groups is 2. The van der Waals surface area contributed by atoms with Crippen LogP contribution in [0.15, 0.2) is 53.5 Å². The first-order valence-corrected chi connectivity index (χ1v) is 11.9. The number of halogens is 1. The number of aliphatic carboxylic acids is 1. The third kappa shape index (κ3) is 6.24. The van der Waals surface area contributed by atoms with Crippen LogP contribution in [0.4, 0.5) is 4.39 Å². The number of hydrogen-bond donors (Lipinski definition) is 2. The van der Waals surface area contributed by atoms with Gasteiger partial charge in [-0.05, 0) is 68.0 Å². The van der Waals surface area contributed by atoms with E-state index >= 15 is 0 Å². The smallest absolute Gasteiger partial charge is 0.305 e. The number of amides is 1. The van der Waals surface area contributed by atoms with E-state index in [0.29, 0.717) is 12.0 Å². The summed E-state index contributed by atoms with van der Waals surface area (Å²) in [6.07, 6.45) is 1.50. The van der Waals surface area contributed by atoms with Gasteiger partial charge in [0.15, 0.2) is 0 Å². The van der Waals surface area contributed by atoms with Crippen LogP contribution in [0.1, 0.15) is 61.2 Å². The number of nitrogens with one attached hydrogen (secondary N) is 1. The van der Waals surface area contributed by atoms with E-state index in [9.17, 15) is 23.9 Å². The lowest BCUT2D eigenvalue weighted by atomic mass is 9.98. The van der Waals surface area contributed by atoms with Crippen LogP contribution < -0.4 is 10.9 Å². The number of hydrogen-bond acceptors (Lipinski definition) is 4. The number of carboxylic acids is 1. The van der Waals surface area contributed by atoms with Crippen molar-refractivity contribution in [2.75, 3.05) is 0 Å². The number of pyridine rings is 2. The fourth-order valence-corrected chi connectivity index (χ4v) is 4.33. The van der Waals surface area contributed by atoms with E-state index in [1.807, 2.05) is 45.9 Å². The molecule has 2 atom stereocenters. The summed E-state index contributed by atoms with van der Waals surface area (Å²) < 4.78 is 16.2. The first-order chi connectivity index (χ1) is 17.0. The summed E-state index contributed by atoms with van der Waals surface area (Å²) in [5.74, 6) is -2.10. The summed E-state index contributed by atoms with van der Waals surface area (Å²) in [5.41, 5.74) is 3.06. The third-order valence-corrected chi connectivity index (χ3v) is 6.07. The van der Waals surface area contributed by atoms with E-state index in [-0.39, 0.29) is 22.9 Å². The van der Waals surface area contributed by atoms with Gasteiger partial charge in [0.05, 0.1) is 18.2 Å². The largest absolute Gasteiger partial charge is 0.481 e. The summed E-state index contributed by atoms with van der Waals surface area (Å²) >= 11 is 0. The topological polar surface area (TPSA) is 101 Å². The molecule has 0 radical (unpaired) electrons. The molecule has 3 rings (SSSR count). The Hall–Kier alpha value is -3.81. The highest BCUT2D eigenvalue weighted by atomic mass is 19.1. The fraction of sp³-hybridized carbons (Fsp3) is 0.357. The molecule has 0 fully saturated rings. The molecule has 0 saturated carbocycles. The van der Waals surface area contributed by atoms with Crippen LogP contribution >= 0.6 is 0 Å². The first kappa shape index (κ1) is 26.8. The molecule has 190 valence electrons. The lowest BCUT2D eigenvalue weighted by Crippen LogP contribution is -2.40. The summed E-state index contributed by atoms with van der Waals surface area (Å²) in [7, 11) is 0. The second-order valence-corrected chi connectivity index (χ2v) is 9.59. The number of aromatic nitrogens is 2. The van der Waals surface area contributed by atoms with Gasteiger partial charge < -0.3 is 15.0 Å². The molecule has 0 bridgehead atoms. The normalized spacial score (nSPS) is 12.9. The monoisotopic (exact) mass is 493 g/mol. The third-order valence-electron chi connectivity index (χ3n) is 6.07. The molecule has 2 N–H and O–H groups in total. The van der Waals surface area contributed by atoms with Crippen LogP contribution in [0.5, 0.6) is 0 Å². The molecular formula is C28H32FN3O4. The summed E-state index contributed by atoms with van der Waals surface area (Å²) in [5, 5.41) is 12.3. The Morgan fingerprint density at radius 2 is 1.75 bits per heavy atom. The average molecular weight is 494 g/mol. The maximum Gasteiger partial charge on any atom is 0.305 e. The molecule has 3 aromatic rings. The van der Waals surface area contributed by atoms with Gasteiger partial charge in [-0.15, -0.1) is 0 Å². The van der Waals surface area contributed by atoms with Crippen molar-refractivity contribution < 1.29 is 19.1 Å². The molecule has 0 aliphatic rings. The zero-order valence-electron chi connectivity index (χ0n) is 21.2. The van der Waals surface area contributed by atoms with Gasteiger partial charge in [0, 0.05) is 17.8 Å². The van der Waals surface area contributed by atoms with E-state index in [0.717, 1.165) is 16.7 Å². The van der Waals surface area contributed by atoms with Crippen LogP contribution in [-0.4, -0.2) is 26.5 Å². The van der Waals surface area contributed by atoms with Crippen LogP contribution in [0.3, 0.4) is 0 Å². The number of nitrogens with zero attached hydrogens (tertiary/aromatic N) is 2. The van der Waals surface area contributed by atoms with Gasteiger partial charge in [-0.3, -0.25) is 14.4 Å². The summed E-state index contributed by atoms with van der Waals surface area (Å²) in [6, 6.07) is 9.53. The molecular weight excluding hydrogens is 461 g/mol. The first-order valence-electron chi connectivity index (χ1n) is 11.9. The highest BCUT2D eigenvalue weighted by Crippen LogP contribution is 2.30. The molecule has 8 heteroatoms. The Labute approximate surface area is 210 Å². The molecule has 1 amide bonds. The lowest BCUT2D eigenvalue weighted by Gasteiger charge is -2.25. The van der Waals surface area contributed by atoms with Crippen molar-refractivity contribution in [2.24, 2.45) is 5.92 Å². The quantitative estimate of drug-likeness (QED) is 0.442. The van der Waals surface area contributed by atoms with Crippen LogP contribution in [0, 0.1) is 32.5 Å². The Morgan fingerprint density at radius 1 is 1.08 bits per heavy atom. The van der Waals surface area contributed by atoms with E-state index < -0.39 is 36.2 Å². The highest BCUT2D eigenvalue weighted by Gasteiger charge is 2.28. The molecule has 2 aromatic heterocycles. The number of benzene rings is 1. The maximum absolute atomic E-state index is 14.9. The standard InChI is InChI=1S/C28H32FN3O4/c1-16(2)13-23(32-12-11-17(3)14-24(32)33)28(36)31-22(15-25(34)35)21-10-9-20(29)27(30-21)26-18(4)7-6-8-19(26)5/h6-12,14,16,22-23H,13,15H2,1-5H3,(H,31,36)(H,34,35)/t22-,23-/m1/s1.